The van der Waals surface area contributed by atoms with E-state index in [1.807, 2.05) is 0 Å². The number of carboxylic acid groups (broad SMARTS) is 1. The molecule has 0 aromatic rings. The predicted molar refractivity (Wildman–Crippen MR) is 48.0 cm³/mol. The van der Waals surface area contributed by atoms with E-state index < -0.39 is 5.97 Å². The molecule has 2 nitrogen and oxygen atoms in total. The van der Waals surface area contributed by atoms with Crippen molar-refractivity contribution in [3.05, 3.63) is 11.6 Å². The fraction of sp³-hybridized carbons (Fsp3) is 0.700. The van der Waals surface area contributed by atoms with Gasteiger partial charge in [0.2, 0.25) is 0 Å². The Kier molecular flexibility index (Phi) is 3.32. The van der Waals surface area contributed by atoms with Crippen LogP contribution in [-0.2, 0) is 4.79 Å². The van der Waals surface area contributed by atoms with Gasteiger partial charge in [0.25, 0.3) is 0 Å². The molecule has 0 radical (unpaired) electrons. The summed E-state index contributed by atoms with van der Waals surface area (Å²) in [6.45, 7) is 1.78. The average molecular weight is 168 g/mol. The van der Waals surface area contributed by atoms with Crippen molar-refractivity contribution in [2.75, 3.05) is 0 Å². The Bertz CT molecular complexity index is 194. The second-order valence-corrected chi connectivity index (χ2v) is 3.55. The maximum absolute atomic E-state index is 10.5. The van der Waals surface area contributed by atoms with Crippen LogP contribution >= 0.6 is 0 Å². The summed E-state index contributed by atoms with van der Waals surface area (Å²) >= 11 is 0. The third-order valence-electron chi connectivity index (χ3n) is 2.37. The molecule has 1 rings (SSSR count). The molecule has 0 aliphatic heterocycles. The number of hydrogen-bond acceptors (Lipinski definition) is 1. The van der Waals surface area contributed by atoms with Crippen molar-refractivity contribution in [1.82, 2.24) is 0 Å². The topological polar surface area (TPSA) is 37.3 Å². The monoisotopic (exact) mass is 168 g/mol. The number of carboxylic acids is 1. The zero-order valence-corrected chi connectivity index (χ0v) is 7.55. The molecule has 68 valence electrons. The lowest BCUT2D eigenvalue weighted by Gasteiger charge is -2.14. The molecule has 1 aliphatic rings. The summed E-state index contributed by atoms with van der Waals surface area (Å²) in [4.78, 5) is 10.5. The Hall–Kier alpha value is -0.790. The lowest BCUT2D eigenvalue weighted by Crippen LogP contribution is -2.10. The van der Waals surface area contributed by atoms with Gasteiger partial charge >= 0.3 is 5.97 Å². The van der Waals surface area contributed by atoms with Gasteiger partial charge in [0.05, 0.1) is 5.92 Å². The van der Waals surface area contributed by atoms with Gasteiger partial charge in [0, 0.05) is 0 Å². The summed E-state index contributed by atoms with van der Waals surface area (Å²) in [6, 6.07) is 0. The summed E-state index contributed by atoms with van der Waals surface area (Å²) in [5, 5.41) is 8.69. The molecule has 0 aromatic heterocycles. The van der Waals surface area contributed by atoms with Crippen LogP contribution in [0.3, 0.4) is 0 Å². The second-order valence-electron chi connectivity index (χ2n) is 3.55. The van der Waals surface area contributed by atoms with E-state index in [4.69, 9.17) is 5.11 Å². The summed E-state index contributed by atoms with van der Waals surface area (Å²) in [5.74, 6) is -0.893. The van der Waals surface area contributed by atoms with Crippen LogP contribution in [0.2, 0.25) is 0 Å². The first-order valence-electron chi connectivity index (χ1n) is 4.61. The zero-order chi connectivity index (χ0) is 8.97. The van der Waals surface area contributed by atoms with Crippen molar-refractivity contribution >= 4 is 5.97 Å². The zero-order valence-electron chi connectivity index (χ0n) is 7.55. The molecule has 2 heteroatoms. The molecule has 0 fully saturated rings. The highest BCUT2D eigenvalue weighted by Gasteiger charge is 2.13. The van der Waals surface area contributed by atoms with Gasteiger partial charge in [-0.05, 0) is 32.1 Å². The molecule has 0 aromatic carbocycles. The Labute approximate surface area is 73.3 Å². The quantitative estimate of drug-likeness (QED) is 0.658. The molecule has 0 saturated carbocycles. The molecule has 1 unspecified atom stereocenters. The van der Waals surface area contributed by atoms with Crippen molar-refractivity contribution in [2.45, 2.75) is 39.0 Å². The van der Waals surface area contributed by atoms with Crippen LogP contribution in [0.15, 0.2) is 11.6 Å². The van der Waals surface area contributed by atoms with Crippen molar-refractivity contribution in [3.8, 4) is 0 Å². The van der Waals surface area contributed by atoms with Crippen LogP contribution in [0, 0.1) is 5.92 Å². The average Bonchev–Trinajstić information content (AvgIpc) is 2.06. The first-order chi connectivity index (χ1) is 5.70. The largest absolute Gasteiger partial charge is 0.481 e. The lowest BCUT2D eigenvalue weighted by molar-refractivity contribution is -0.141. The van der Waals surface area contributed by atoms with Crippen molar-refractivity contribution in [1.29, 1.82) is 0 Å². The minimum absolute atomic E-state index is 0.214. The smallest absolute Gasteiger partial charge is 0.306 e. The van der Waals surface area contributed by atoms with Gasteiger partial charge in [0.1, 0.15) is 0 Å². The number of carbonyl (C=O) groups is 1. The molecule has 0 bridgehead atoms. The minimum Gasteiger partial charge on any atom is -0.481 e. The predicted octanol–water partition coefficient (Wildman–Crippen LogP) is 2.60. The van der Waals surface area contributed by atoms with E-state index in [2.05, 4.69) is 6.08 Å². The van der Waals surface area contributed by atoms with Crippen LogP contribution in [-0.4, -0.2) is 11.1 Å². The fourth-order valence-electron chi connectivity index (χ4n) is 1.57. The van der Waals surface area contributed by atoms with E-state index in [-0.39, 0.29) is 5.92 Å². The van der Waals surface area contributed by atoms with Gasteiger partial charge in [-0.15, -0.1) is 0 Å². The van der Waals surface area contributed by atoms with Gasteiger partial charge in [-0.2, -0.15) is 0 Å². The van der Waals surface area contributed by atoms with Crippen LogP contribution in [0.5, 0.6) is 0 Å². The van der Waals surface area contributed by atoms with Crippen molar-refractivity contribution in [2.24, 2.45) is 5.92 Å². The molecule has 1 N–H and O–H groups in total. The molecule has 0 heterocycles. The van der Waals surface area contributed by atoms with Gasteiger partial charge < -0.3 is 5.11 Å². The maximum atomic E-state index is 10.5. The summed E-state index contributed by atoms with van der Waals surface area (Å²) in [5.41, 5.74) is 1.34. The van der Waals surface area contributed by atoms with Crippen LogP contribution in [0.25, 0.3) is 0 Å². The number of rotatable bonds is 3. The number of allylic oxidation sites excluding steroid dienone is 2. The Morgan fingerprint density at radius 1 is 1.67 bits per heavy atom. The van der Waals surface area contributed by atoms with E-state index in [0.717, 1.165) is 19.3 Å². The Morgan fingerprint density at radius 2 is 2.42 bits per heavy atom. The third-order valence-corrected chi connectivity index (χ3v) is 2.37. The van der Waals surface area contributed by atoms with Gasteiger partial charge in [-0.25, -0.2) is 0 Å². The molecule has 0 saturated heterocycles. The highest BCUT2D eigenvalue weighted by atomic mass is 16.4. The second kappa shape index (κ2) is 4.29. The highest BCUT2D eigenvalue weighted by Crippen LogP contribution is 2.23. The number of aliphatic carboxylic acids is 1. The summed E-state index contributed by atoms with van der Waals surface area (Å²) in [6.07, 6.45) is 7.71. The third kappa shape index (κ3) is 2.68. The van der Waals surface area contributed by atoms with Gasteiger partial charge in [-0.3, -0.25) is 4.79 Å². The van der Waals surface area contributed by atoms with Crippen molar-refractivity contribution < 1.29 is 9.90 Å². The van der Waals surface area contributed by atoms with Crippen LogP contribution < -0.4 is 0 Å². The van der Waals surface area contributed by atoms with E-state index in [0.29, 0.717) is 0 Å². The molecule has 1 atom stereocenters. The van der Waals surface area contributed by atoms with E-state index in [1.54, 1.807) is 6.92 Å². The van der Waals surface area contributed by atoms with E-state index >= 15 is 0 Å². The minimum atomic E-state index is -0.679. The summed E-state index contributed by atoms with van der Waals surface area (Å²) < 4.78 is 0. The van der Waals surface area contributed by atoms with Gasteiger partial charge in [0.15, 0.2) is 0 Å². The first-order valence-corrected chi connectivity index (χ1v) is 4.61. The lowest BCUT2D eigenvalue weighted by atomic mass is 9.92. The summed E-state index contributed by atoms with van der Waals surface area (Å²) in [7, 11) is 0. The van der Waals surface area contributed by atoms with Gasteiger partial charge in [-0.1, -0.05) is 18.6 Å². The molecular formula is C10H16O2. The molecule has 0 amide bonds. The molecule has 0 spiro atoms. The maximum Gasteiger partial charge on any atom is 0.306 e. The molecule has 1 aliphatic carbocycles. The first kappa shape index (κ1) is 9.30. The molecule has 12 heavy (non-hydrogen) atoms. The normalized spacial score (nSPS) is 19.9. The van der Waals surface area contributed by atoms with Crippen molar-refractivity contribution in [3.63, 3.8) is 0 Å². The standard InChI is InChI=1S/C10H16O2/c1-8(10(11)12)7-9-5-3-2-4-6-9/h5,8H,2-4,6-7H2,1H3,(H,11,12). The van der Waals surface area contributed by atoms with Crippen LogP contribution in [0.1, 0.15) is 39.0 Å². The Morgan fingerprint density at radius 3 is 2.92 bits per heavy atom. The Balaban J connectivity index is 2.39. The molecular weight excluding hydrogens is 152 g/mol. The highest BCUT2D eigenvalue weighted by molar-refractivity contribution is 5.69. The van der Waals surface area contributed by atoms with Crippen LogP contribution in [0.4, 0.5) is 0 Å². The van der Waals surface area contributed by atoms with E-state index in [1.165, 1.54) is 18.4 Å². The van der Waals surface area contributed by atoms with E-state index in [9.17, 15) is 4.79 Å². The SMILES string of the molecule is CC(CC1=CCCCC1)C(=O)O. The fourth-order valence-corrected chi connectivity index (χ4v) is 1.57. The number of hydrogen-bond donors (Lipinski definition) is 1.